The molecule has 1 atom stereocenters. The number of hydrogen-bond donors (Lipinski definition) is 1. The smallest absolute Gasteiger partial charge is 0.306 e. The fraction of sp³-hybridized carbons (Fsp3) is 0.831. The third-order valence-electron chi connectivity index (χ3n) is 12.6. The lowest BCUT2D eigenvalue weighted by molar-refractivity contribution is -0.161. The van der Waals surface area contributed by atoms with Gasteiger partial charge in [-0.3, -0.25) is 9.59 Å². The van der Waals surface area contributed by atoms with Crippen LogP contribution in [0.3, 0.4) is 0 Å². The average Bonchev–Trinajstić information content (AvgIpc) is 3.30. The number of carbonyl (C=O) groups is 2. The van der Waals surface area contributed by atoms with Gasteiger partial charge in [0.25, 0.3) is 0 Å². The first kappa shape index (κ1) is 61.9. The van der Waals surface area contributed by atoms with E-state index < -0.39 is 6.10 Å². The van der Waals surface area contributed by atoms with Gasteiger partial charge in [0.1, 0.15) is 6.61 Å². The second-order valence-corrected chi connectivity index (χ2v) is 19.0. The summed E-state index contributed by atoms with van der Waals surface area (Å²) in [7, 11) is 0. The van der Waals surface area contributed by atoms with E-state index in [1.165, 1.54) is 218 Å². The van der Waals surface area contributed by atoms with Crippen LogP contribution in [-0.2, 0) is 19.1 Å². The third-order valence-corrected chi connectivity index (χ3v) is 12.6. The Hall–Kier alpha value is -2.14. The van der Waals surface area contributed by atoms with Crippen LogP contribution < -0.4 is 0 Å². The van der Waals surface area contributed by atoms with E-state index >= 15 is 0 Å². The first-order valence-corrected chi connectivity index (χ1v) is 28.2. The first-order valence-electron chi connectivity index (χ1n) is 28.2. The van der Waals surface area contributed by atoms with Gasteiger partial charge >= 0.3 is 11.9 Å². The van der Waals surface area contributed by atoms with Crippen molar-refractivity contribution in [2.24, 2.45) is 0 Å². The highest BCUT2D eigenvalue weighted by Gasteiger charge is 2.16. The van der Waals surface area contributed by atoms with Gasteiger partial charge in [-0.05, 0) is 77.0 Å². The monoisotopic (exact) mass is 897 g/mol. The van der Waals surface area contributed by atoms with Gasteiger partial charge < -0.3 is 14.6 Å². The molecule has 0 bridgehead atoms. The second-order valence-electron chi connectivity index (χ2n) is 19.0. The summed E-state index contributed by atoms with van der Waals surface area (Å²) in [5.74, 6) is -0.581. The fourth-order valence-corrected chi connectivity index (χ4v) is 8.32. The number of hydrogen-bond acceptors (Lipinski definition) is 5. The summed E-state index contributed by atoms with van der Waals surface area (Å²) in [5, 5.41) is 9.64. The lowest BCUT2D eigenvalue weighted by Crippen LogP contribution is -2.28. The Balaban J connectivity index is 3.45. The number of unbranched alkanes of at least 4 members (excludes halogenated alkanes) is 36. The van der Waals surface area contributed by atoms with E-state index in [2.05, 4.69) is 62.5 Å². The molecule has 374 valence electrons. The number of allylic oxidation sites excluding steroid dienone is 8. The molecule has 1 N–H and O–H groups in total. The van der Waals surface area contributed by atoms with E-state index in [1.807, 2.05) is 0 Å². The molecule has 0 aliphatic rings. The molecule has 0 saturated carbocycles. The van der Waals surface area contributed by atoms with Crippen molar-refractivity contribution in [3.63, 3.8) is 0 Å². The highest BCUT2D eigenvalue weighted by molar-refractivity contribution is 5.70. The summed E-state index contributed by atoms with van der Waals surface area (Å²) < 4.78 is 10.7. The normalized spacial score (nSPS) is 12.5. The second kappa shape index (κ2) is 55.2. The molecular weight excluding hydrogens is 789 g/mol. The van der Waals surface area contributed by atoms with E-state index in [0.717, 1.165) is 51.4 Å². The van der Waals surface area contributed by atoms with Crippen LogP contribution in [0.5, 0.6) is 0 Å². The van der Waals surface area contributed by atoms with Crippen molar-refractivity contribution >= 4 is 11.9 Å². The maximum Gasteiger partial charge on any atom is 0.306 e. The first-order chi connectivity index (χ1) is 31.6. The SMILES string of the molecule is CCCCCCC/C=C\C/C=C\C/C=C\CCCCCCCCCCCCCCCCCCC(=O)OC(CO)COC(=O)CCCCCCCCCCC/C=C\CCCCCCCC. The number of esters is 2. The summed E-state index contributed by atoms with van der Waals surface area (Å²) in [5.41, 5.74) is 0. The molecule has 0 radical (unpaired) electrons. The Labute approximate surface area is 398 Å². The van der Waals surface area contributed by atoms with Crippen molar-refractivity contribution in [3.05, 3.63) is 48.6 Å². The molecule has 0 aliphatic carbocycles. The largest absolute Gasteiger partial charge is 0.462 e. The van der Waals surface area contributed by atoms with Gasteiger partial charge in [-0.25, -0.2) is 0 Å². The van der Waals surface area contributed by atoms with Crippen molar-refractivity contribution in [1.82, 2.24) is 0 Å². The maximum atomic E-state index is 12.3. The van der Waals surface area contributed by atoms with Gasteiger partial charge in [0.05, 0.1) is 6.61 Å². The van der Waals surface area contributed by atoms with E-state index in [1.54, 1.807) is 0 Å². The molecule has 0 rings (SSSR count). The Morgan fingerprint density at radius 2 is 0.625 bits per heavy atom. The predicted octanol–water partition coefficient (Wildman–Crippen LogP) is 18.9. The van der Waals surface area contributed by atoms with Crippen molar-refractivity contribution in [3.8, 4) is 0 Å². The maximum absolute atomic E-state index is 12.3. The molecule has 0 aromatic heterocycles. The Morgan fingerprint density at radius 1 is 0.359 bits per heavy atom. The molecule has 0 aromatic rings. The van der Waals surface area contributed by atoms with Crippen LogP contribution >= 0.6 is 0 Å². The minimum absolute atomic E-state index is 0.0643. The quantitative estimate of drug-likeness (QED) is 0.0374. The number of carbonyl (C=O) groups excluding carboxylic acids is 2. The lowest BCUT2D eigenvalue weighted by atomic mass is 10.0. The van der Waals surface area contributed by atoms with Crippen molar-refractivity contribution in [2.75, 3.05) is 13.2 Å². The number of aliphatic hydroxyl groups is 1. The molecule has 64 heavy (non-hydrogen) atoms. The van der Waals surface area contributed by atoms with Gasteiger partial charge in [0.2, 0.25) is 0 Å². The number of ether oxygens (including phenoxy) is 2. The molecule has 0 heterocycles. The highest BCUT2D eigenvalue weighted by Crippen LogP contribution is 2.16. The van der Waals surface area contributed by atoms with Crippen LogP contribution in [0, 0.1) is 0 Å². The summed E-state index contributed by atoms with van der Waals surface area (Å²) in [4.78, 5) is 24.5. The Kier molecular flexibility index (Phi) is 53.3. The van der Waals surface area contributed by atoms with Crippen molar-refractivity contribution < 1.29 is 24.2 Å². The highest BCUT2D eigenvalue weighted by atomic mass is 16.6. The van der Waals surface area contributed by atoms with Gasteiger partial charge in [-0.1, -0.05) is 255 Å². The summed E-state index contributed by atoms with van der Waals surface area (Å²) in [6.07, 6.45) is 72.2. The lowest BCUT2D eigenvalue weighted by Gasteiger charge is -2.15. The summed E-state index contributed by atoms with van der Waals surface area (Å²) in [6.45, 7) is 4.16. The van der Waals surface area contributed by atoms with Crippen molar-refractivity contribution in [1.29, 1.82) is 0 Å². The van der Waals surface area contributed by atoms with E-state index in [9.17, 15) is 14.7 Å². The minimum Gasteiger partial charge on any atom is -0.462 e. The molecule has 5 heteroatoms. The number of rotatable bonds is 52. The van der Waals surface area contributed by atoms with E-state index in [0.29, 0.717) is 12.8 Å². The van der Waals surface area contributed by atoms with Gasteiger partial charge in [0, 0.05) is 12.8 Å². The fourth-order valence-electron chi connectivity index (χ4n) is 8.32. The topological polar surface area (TPSA) is 72.8 Å². The summed E-state index contributed by atoms with van der Waals surface area (Å²) in [6, 6.07) is 0. The molecule has 0 aromatic carbocycles. The molecular formula is C59H108O5. The van der Waals surface area contributed by atoms with Crippen LogP contribution in [0.15, 0.2) is 48.6 Å². The predicted molar refractivity (Wildman–Crippen MR) is 279 cm³/mol. The van der Waals surface area contributed by atoms with Gasteiger partial charge in [-0.2, -0.15) is 0 Å². The molecule has 0 aliphatic heterocycles. The third kappa shape index (κ3) is 52.5. The standard InChI is InChI=1S/C59H108O5/c1-3-5-7-9-11-13-15-17-19-21-23-24-25-26-27-28-29-30-31-32-33-34-36-38-40-42-44-46-48-50-52-54-59(62)64-57(55-60)56-63-58(61)53-51-49-47-45-43-41-39-37-35-22-20-18-16-14-12-10-8-6-4-2/h15,17-18,20-21,23,25-26,57,60H,3-14,16,19,22,24,27-56H2,1-2H3/b17-15-,20-18-,23-21-,26-25-. The zero-order chi connectivity index (χ0) is 46.3. The van der Waals surface area contributed by atoms with Crippen LogP contribution in [0.25, 0.3) is 0 Å². The average molecular weight is 898 g/mol. The van der Waals surface area contributed by atoms with E-state index in [-0.39, 0.29) is 25.2 Å². The molecule has 0 amide bonds. The van der Waals surface area contributed by atoms with Gasteiger partial charge in [0.15, 0.2) is 6.10 Å². The zero-order valence-electron chi connectivity index (χ0n) is 42.8. The molecule has 0 fully saturated rings. The summed E-state index contributed by atoms with van der Waals surface area (Å²) >= 11 is 0. The Morgan fingerprint density at radius 3 is 0.953 bits per heavy atom. The molecule has 1 unspecified atom stereocenters. The molecule has 0 saturated heterocycles. The number of aliphatic hydroxyl groups excluding tert-OH is 1. The minimum atomic E-state index is -0.772. The van der Waals surface area contributed by atoms with Crippen LogP contribution in [0.2, 0.25) is 0 Å². The van der Waals surface area contributed by atoms with Crippen LogP contribution in [0.1, 0.15) is 296 Å². The zero-order valence-corrected chi connectivity index (χ0v) is 42.8. The molecule has 0 spiro atoms. The van der Waals surface area contributed by atoms with Crippen molar-refractivity contribution in [2.45, 2.75) is 302 Å². The van der Waals surface area contributed by atoms with Gasteiger partial charge in [-0.15, -0.1) is 0 Å². The Bertz CT molecular complexity index is 1060. The van der Waals surface area contributed by atoms with Crippen LogP contribution in [0.4, 0.5) is 0 Å². The molecule has 5 nitrogen and oxygen atoms in total. The van der Waals surface area contributed by atoms with Crippen LogP contribution in [-0.4, -0.2) is 36.4 Å². The van der Waals surface area contributed by atoms with E-state index in [4.69, 9.17) is 9.47 Å².